The molecule has 1 aromatic carbocycles. The molecule has 1 heterocycles. The Bertz CT molecular complexity index is 616. The quantitative estimate of drug-likeness (QED) is 0.846. The number of nitrogen functional groups attached to an aromatic ring is 1. The van der Waals surface area contributed by atoms with Gasteiger partial charge in [0.1, 0.15) is 5.75 Å². The molecule has 0 saturated heterocycles. The molecule has 19 heavy (non-hydrogen) atoms. The van der Waals surface area contributed by atoms with Crippen molar-refractivity contribution in [1.29, 1.82) is 0 Å². The van der Waals surface area contributed by atoms with E-state index in [1.54, 1.807) is 24.3 Å². The minimum Gasteiger partial charge on any atom is -0.481 e. The highest BCUT2D eigenvalue weighted by Crippen LogP contribution is 2.25. The smallest absolute Gasteiger partial charge is 0.252 e. The average molecular weight is 260 g/mol. The van der Waals surface area contributed by atoms with E-state index in [9.17, 15) is 4.79 Å². The number of methoxy groups -OCH3 is 1. The first-order valence-electron chi connectivity index (χ1n) is 5.35. The van der Waals surface area contributed by atoms with Crippen molar-refractivity contribution in [1.82, 2.24) is 9.97 Å². The summed E-state index contributed by atoms with van der Waals surface area (Å²) in [7, 11) is 1.45. The van der Waals surface area contributed by atoms with Crippen LogP contribution in [0.25, 0.3) is 0 Å². The summed E-state index contributed by atoms with van der Waals surface area (Å²) in [6.45, 7) is 0. The molecule has 0 spiro atoms. The van der Waals surface area contributed by atoms with Crippen molar-refractivity contribution < 1.29 is 14.3 Å². The Morgan fingerprint density at radius 1 is 1.21 bits per heavy atom. The number of carbonyl (C=O) groups excluding carboxylic acids is 1. The fraction of sp³-hybridized carbons (Fsp3) is 0.0833. The summed E-state index contributed by atoms with van der Waals surface area (Å²) < 4.78 is 10.4. The van der Waals surface area contributed by atoms with E-state index in [4.69, 9.17) is 20.9 Å². The Labute approximate surface area is 109 Å². The van der Waals surface area contributed by atoms with E-state index in [0.29, 0.717) is 0 Å². The van der Waals surface area contributed by atoms with Crippen molar-refractivity contribution in [3.8, 4) is 17.5 Å². The maximum atomic E-state index is 11.3. The number of nitrogens with two attached hydrogens (primary N) is 2. The molecule has 7 nitrogen and oxygen atoms in total. The molecule has 0 unspecified atom stereocenters. The maximum absolute atomic E-state index is 11.3. The molecule has 2 aromatic rings. The first kappa shape index (κ1) is 12.6. The zero-order valence-corrected chi connectivity index (χ0v) is 10.2. The van der Waals surface area contributed by atoms with Gasteiger partial charge in [0.05, 0.1) is 18.7 Å². The van der Waals surface area contributed by atoms with Gasteiger partial charge in [0.2, 0.25) is 17.7 Å². The minimum atomic E-state index is -0.593. The summed E-state index contributed by atoms with van der Waals surface area (Å²) in [4.78, 5) is 19.0. The van der Waals surface area contributed by atoms with Crippen LogP contribution in [0, 0.1) is 0 Å². The number of hydrogen-bond acceptors (Lipinski definition) is 6. The van der Waals surface area contributed by atoms with Gasteiger partial charge in [0, 0.05) is 0 Å². The predicted octanol–water partition coefficient (Wildman–Crippen LogP) is 0.959. The second-order valence-electron chi connectivity index (χ2n) is 3.57. The third kappa shape index (κ3) is 2.89. The van der Waals surface area contributed by atoms with Gasteiger partial charge in [-0.1, -0.05) is 12.1 Å². The average Bonchev–Trinajstić information content (AvgIpc) is 2.38. The molecular weight excluding hydrogens is 248 g/mol. The van der Waals surface area contributed by atoms with Crippen molar-refractivity contribution in [2.45, 2.75) is 0 Å². The van der Waals surface area contributed by atoms with Gasteiger partial charge in [0.25, 0.3) is 5.91 Å². The lowest BCUT2D eigenvalue weighted by Gasteiger charge is -2.09. The number of carbonyl (C=O) groups is 1. The van der Waals surface area contributed by atoms with E-state index >= 15 is 0 Å². The topological polar surface area (TPSA) is 113 Å². The third-order valence-corrected chi connectivity index (χ3v) is 2.27. The van der Waals surface area contributed by atoms with Crippen LogP contribution in [0.3, 0.4) is 0 Å². The van der Waals surface area contributed by atoms with Crippen molar-refractivity contribution in [3.05, 3.63) is 35.9 Å². The Kier molecular flexibility index (Phi) is 3.46. The number of amides is 1. The molecule has 0 aliphatic carbocycles. The largest absolute Gasteiger partial charge is 0.481 e. The van der Waals surface area contributed by atoms with Crippen LogP contribution in [0.4, 0.5) is 5.95 Å². The van der Waals surface area contributed by atoms with Crippen LogP contribution < -0.4 is 20.9 Å². The lowest BCUT2D eigenvalue weighted by atomic mass is 10.2. The van der Waals surface area contributed by atoms with Crippen LogP contribution in [0.15, 0.2) is 30.3 Å². The van der Waals surface area contributed by atoms with Crippen molar-refractivity contribution in [2.75, 3.05) is 12.8 Å². The van der Waals surface area contributed by atoms with E-state index < -0.39 is 5.91 Å². The Morgan fingerprint density at radius 3 is 2.58 bits per heavy atom. The maximum Gasteiger partial charge on any atom is 0.252 e. The summed E-state index contributed by atoms with van der Waals surface area (Å²) >= 11 is 0. The molecule has 7 heteroatoms. The fourth-order valence-corrected chi connectivity index (χ4v) is 1.45. The van der Waals surface area contributed by atoms with E-state index in [-0.39, 0.29) is 29.0 Å². The van der Waals surface area contributed by atoms with Crippen molar-refractivity contribution in [2.24, 2.45) is 5.73 Å². The second-order valence-corrected chi connectivity index (χ2v) is 3.57. The second kappa shape index (κ2) is 5.21. The first-order valence-corrected chi connectivity index (χ1v) is 5.35. The minimum absolute atomic E-state index is 0.00547. The molecule has 0 aliphatic heterocycles. The molecular formula is C12H12N4O3. The highest BCUT2D eigenvalue weighted by molar-refractivity contribution is 5.95. The van der Waals surface area contributed by atoms with Gasteiger partial charge in [-0.25, -0.2) is 0 Å². The number of primary amides is 1. The third-order valence-electron chi connectivity index (χ3n) is 2.27. The van der Waals surface area contributed by atoms with Gasteiger partial charge in [-0.3, -0.25) is 4.79 Å². The molecule has 98 valence electrons. The molecule has 1 amide bonds. The number of benzene rings is 1. The molecule has 0 aliphatic rings. The molecule has 2 rings (SSSR count). The monoisotopic (exact) mass is 260 g/mol. The highest BCUT2D eigenvalue weighted by Gasteiger charge is 2.11. The first-order chi connectivity index (χ1) is 9.10. The van der Waals surface area contributed by atoms with E-state index in [2.05, 4.69) is 9.97 Å². The SMILES string of the molecule is COc1cc(Oc2ccccc2C(N)=O)nc(N)n1. The molecule has 4 N–H and O–H groups in total. The van der Waals surface area contributed by atoms with E-state index in [1.807, 2.05) is 0 Å². The number of ether oxygens (including phenoxy) is 2. The van der Waals surface area contributed by atoms with Gasteiger partial charge in [-0.15, -0.1) is 0 Å². The molecule has 0 saturated carbocycles. The number of anilines is 1. The molecule has 0 fully saturated rings. The highest BCUT2D eigenvalue weighted by atomic mass is 16.5. The molecule has 0 bridgehead atoms. The van der Waals surface area contributed by atoms with Gasteiger partial charge < -0.3 is 20.9 Å². The number of aromatic nitrogens is 2. The Hall–Kier alpha value is -2.83. The number of nitrogens with zero attached hydrogens (tertiary/aromatic N) is 2. The normalized spacial score (nSPS) is 9.95. The van der Waals surface area contributed by atoms with E-state index in [0.717, 1.165) is 0 Å². The molecule has 0 radical (unpaired) electrons. The Morgan fingerprint density at radius 2 is 1.89 bits per heavy atom. The fourth-order valence-electron chi connectivity index (χ4n) is 1.45. The zero-order valence-electron chi connectivity index (χ0n) is 10.2. The van der Waals surface area contributed by atoms with Crippen molar-refractivity contribution in [3.63, 3.8) is 0 Å². The van der Waals surface area contributed by atoms with Crippen molar-refractivity contribution >= 4 is 11.9 Å². The lowest BCUT2D eigenvalue weighted by Crippen LogP contribution is -2.12. The summed E-state index contributed by atoms with van der Waals surface area (Å²) in [5.41, 5.74) is 11.0. The van der Waals surface area contributed by atoms with Crippen LogP contribution in [-0.4, -0.2) is 23.0 Å². The predicted molar refractivity (Wildman–Crippen MR) is 68.0 cm³/mol. The summed E-state index contributed by atoms with van der Waals surface area (Å²) in [6.07, 6.45) is 0. The number of rotatable bonds is 4. The molecule has 0 atom stereocenters. The number of para-hydroxylation sites is 1. The van der Waals surface area contributed by atoms with E-state index in [1.165, 1.54) is 13.2 Å². The Balaban J connectivity index is 2.36. The lowest BCUT2D eigenvalue weighted by molar-refractivity contribution is 0.0998. The van der Waals surface area contributed by atoms with Crippen LogP contribution in [0.5, 0.6) is 17.5 Å². The van der Waals surface area contributed by atoms with Crippen LogP contribution >= 0.6 is 0 Å². The summed E-state index contributed by atoms with van der Waals surface area (Å²) in [5.74, 6) is 0.128. The zero-order chi connectivity index (χ0) is 13.8. The van der Waals surface area contributed by atoms with Gasteiger partial charge in [-0.05, 0) is 12.1 Å². The number of hydrogen-bond donors (Lipinski definition) is 2. The summed E-state index contributed by atoms with van der Waals surface area (Å²) in [6, 6.07) is 8.00. The standard InChI is InChI=1S/C12H12N4O3/c1-18-9-6-10(16-12(14)15-9)19-8-5-3-2-4-7(8)11(13)17/h2-6H,1H3,(H2,13,17)(H2,14,15,16). The van der Waals surface area contributed by atoms with Gasteiger partial charge in [-0.2, -0.15) is 9.97 Å². The van der Waals surface area contributed by atoms with Gasteiger partial charge in [0.15, 0.2) is 0 Å². The van der Waals surface area contributed by atoms with Crippen LogP contribution in [0.2, 0.25) is 0 Å². The van der Waals surface area contributed by atoms with Crippen LogP contribution in [0.1, 0.15) is 10.4 Å². The van der Waals surface area contributed by atoms with Crippen LogP contribution in [-0.2, 0) is 0 Å². The molecule has 1 aromatic heterocycles. The summed E-state index contributed by atoms with van der Waals surface area (Å²) in [5, 5.41) is 0. The van der Waals surface area contributed by atoms with Gasteiger partial charge >= 0.3 is 0 Å².